The van der Waals surface area contributed by atoms with Crippen LogP contribution < -0.4 is 5.73 Å². The molecular weight excluding hydrogens is 274 g/mol. The number of carbonyl (C=O) groups is 1. The fourth-order valence-corrected chi connectivity index (χ4v) is 1.50. The Morgan fingerprint density at radius 2 is 2.06 bits per heavy atom. The number of aliphatic hydroxyl groups excluding tert-OH is 1. The molecule has 5 heteroatoms. The minimum Gasteiger partial charge on any atom is -0.465 e. The van der Waals surface area contributed by atoms with Gasteiger partial charge in [0.05, 0.1) is 6.61 Å². The molecule has 1 aromatic carbocycles. The molecule has 0 spiro atoms. The Bertz CT molecular complexity index is 353. The van der Waals surface area contributed by atoms with Gasteiger partial charge >= 0.3 is 5.97 Å². The van der Waals surface area contributed by atoms with Crippen LogP contribution in [0.5, 0.6) is 0 Å². The third-order valence-electron chi connectivity index (χ3n) is 2.11. The van der Waals surface area contributed by atoms with Crippen molar-refractivity contribution in [1.82, 2.24) is 0 Å². The molecule has 0 aliphatic heterocycles. The molecule has 0 saturated carbocycles. The van der Waals surface area contributed by atoms with Crippen LogP contribution in [0.2, 0.25) is 0 Å². The van der Waals surface area contributed by atoms with E-state index in [1.54, 1.807) is 31.2 Å². The lowest BCUT2D eigenvalue weighted by Crippen LogP contribution is -2.38. The third kappa shape index (κ3) is 3.30. The SMILES string of the molecule is CCOC(=O)C(N)C(O)c1ccc(Br)cc1. The first-order valence-corrected chi connectivity index (χ1v) is 5.71. The van der Waals surface area contributed by atoms with E-state index in [0.717, 1.165) is 4.47 Å². The van der Waals surface area contributed by atoms with Gasteiger partial charge in [-0.2, -0.15) is 0 Å². The lowest BCUT2D eigenvalue weighted by molar-refractivity contribution is -0.147. The van der Waals surface area contributed by atoms with E-state index in [-0.39, 0.29) is 6.61 Å². The molecule has 1 rings (SSSR count). The Hall–Kier alpha value is -0.910. The Kier molecular flexibility index (Phi) is 4.92. The summed E-state index contributed by atoms with van der Waals surface area (Å²) < 4.78 is 5.63. The lowest BCUT2D eigenvalue weighted by atomic mass is 10.0. The zero-order valence-electron chi connectivity index (χ0n) is 8.89. The van der Waals surface area contributed by atoms with Gasteiger partial charge in [-0.1, -0.05) is 28.1 Å². The number of halogens is 1. The second-order valence-electron chi connectivity index (χ2n) is 3.27. The number of hydrogen-bond acceptors (Lipinski definition) is 4. The molecule has 88 valence electrons. The van der Waals surface area contributed by atoms with Gasteiger partial charge in [0.2, 0.25) is 0 Å². The maximum atomic E-state index is 11.3. The first-order valence-electron chi connectivity index (χ1n) is 4.92. The summed E-state index contributed by atoms with van der Waals surface area (Å²) in [6.07, 6.45) is -1.05. The van der Waals surface area contributed by atoms with Gasteiger partial charge in [0, 0.05) is 4.47 Å². The van der Waals surface area contributed by atoms with E-state index in [0.29, 0.717) is 5.56 Å². The van der Waals surface area contributed by atoms with Crippen molar-refractivity contribution in [3.63, 3.8) is 0 Å². The van der Waals surface area contributed by atoms with E-state index in [2.05, 4.69) is 15.9 Å². The summed E-state index contributed by atoms with van der Waals surface area (Å²) in [5.74, 6) is -0.599. The molecule has 2 atom stereocenters. The van der Waals surface area contributed by atoms with Crippen molar-refractivity contribution >= 4 is 21.9 Å². The first kappa shape index (κ1) is 13.2. The van der Waals surface area contributed by atoms with Crippen LogP contribution in [0.4, 0.5) is 0 Å². The van der Waals surface area contributed by atoms with Crippen LogP contribution in [0, 0.1) is 0 Å². The first-order chi connectivity index (χ1) is 7.56. The van der Waals surface area contributed by atoms with Gasteiger partial charge in [0.1, 0.15) is 12.1 Å². The number of ether oxygens (including phenoxy) is 1. The van der Waals surface area contributed by atoms with Crippen LogP contribution in [-0.2, 0) is 9.53 Å². The second kappa shape index (κ2) is 5.98. The van der Waals surface area contributed by atoms with E-state index in [1.165, 1.54) is 0 Å². The van der Waals surface area contributed by atoms with Gasteiger partial charge in [0.25, 0.3) is 0 Å². The molecule has 0 saturated heterocycles. The quantitative estimate of drug-likeness (QED) is 0.821. The highest BCUT2D eigenvalue weighted by Crippen LogP contribution is 2.19. The highest BCUT2D eigenvalue weighted by Gasteiger charge is 2.25. The van der Waals surface area contributed by atoms with Crippen molar-refractivity contribution in [3.05, 3.63) is 34.3 Å². The Morgan fingerprint density at radius 3 is 2.56 bits per heavy atom. The zero-order valence-corrected chi connectivity index (χ0v) is 10.5. The number of esters is 1. The van der Waals surface area contributed by atoms with Crippen LogP contribution in [0.25, 0.3) is 0 Å². The summed E-state index contributed by atoms with van der Waals surface area (Å²) in [5, 5.41) is 9.84. The fourth-order valence-electron chi connectivity index (χ4n) is 1.23. The van der Waals surface area contributed by atoms with Gasteiger partial charge in [-0.05, 0) is 24.6 Å². The van der Waals surface area contributed by atoms with Crippen LogP contribution >= 0.6 is 15.9 Å². The van der Waals surface area contributed by atoms with Crippen molar-refractivity contribution in [2.75, 3.05) is 6.61 Å². The van der Waals surface area contributed by atoms with Crippen LogP contribution in [-0.4, -0.2) is 23.7 Å². The normalized spacial score (nSPS) is 14.2. The standard InChI is InChI=1S/C11H14BrNO3/c1-2-16-11(15)9(13)10(14)7-3-5-8(12)6-4-7/h3-6,9-10,14H,2,13H2,1H3. The van der Waals surface area contributed by atoms with E-state index in [1.807, 2.05) is 0 Å². The van der Waals surface area contributed by atoms with Crippen molar-refractivity contribution in [3.8, 4) is 0 Å². The summed E-state index contributed by atoms with van der Waals surface area (Å²) in [7, 11) is 0. The molecule has 0 fully saturated rings. The molecule has 0 bridgehead atoms. The maximum absolute atomic E-state index is 11.3. The fraction of sp³-hybridized carbons (Fsp3) is 0.364. The molecule has 0 aliphatic carbocycles. The summed E-state index contributed by atoms with van der Waals surface area (Å²) in [6, 6.07) is 5.90. The number of nitrogens with two attached hydrogens (primary N) is 1. The lowest BCUT2D eigenvalue weighted by Gasteiger charge is -2.17. The van der Waals surface area contributed by atoms with Gasteiger partial charge in [0.15, 0.2) is 0 Å². The van der Waals surface area contributed by atoms with Crippen LogP contribution in [0.3, 0.4) is 0 Å². The minimum atomic E-state index is -1.05. The van der Waals surface area contributed by atoms with Gasteiger partial charge < -0.3 is 15.6 Å². The average molecular weight is 288 g/mol. The van der Waals surface area contributed by atoms with Gasteiger partial charge in [-0.15, -0.1) is 0 Å². The average Bonchev–Trinajstić information content (AvgIpc) is 2.28. The third-order valence-corrected chi connectivity index (χ3v) is 2.64. The molecule has 16 heavy (non-hydrogen) atoms. The van der Waals surface area contributed by atoms with E-state index >= 15 is 0 Å². The predicted molar refractivity (Wildman–Crippen MR) is 63.7 cm³/mol. The molecule has 3 N–H and O–H groups in total. The smallest absolute Gasteiger partial charge is 0.325 e. The van der Waals surface area contributed by atoms with Crippen LogP contribution in [0.1, 0.15) is 18.6 Å². The summed E-state index contributed by atoms with van der Waals surface area (Å²) in [5.41, 5.74) is 6.17. The van der Waals surface area contributed by atoms with Crippen LogP contribution in [0.15, 0.2) is 28.7 Å². The minimum absolute atomic E-state index is 0.250. The largest absolute Gasteiger partial charge is 0.465 e. The number of carbonyl (C=O) groups excluding carboxylic acids is 1. The van der Waals surface area contributed by atoms with E-state index in [4.69, 9.17) is 10.5 Å². The number of rotatable bonds is 4. The second-order valence-corrected chi connectivity index (χ2v) is 4.19. The van der Waals surface area contributed by atoms with Crippen molar-refractivity contribution in [2.24, 2.45) is 5.73 Å². The molecule has 0 aliphatic rings. The number of aliphatic hydroxyl groups is 1. The summed E-state index contributed by atoms with van der Waals surface area (Å²) >= 11 is 3.28. The summed E-state index contributed by atoms with van der Waals surface area (Å²) in [6.45, 7) is 1.94. The Morgan fingerprint density at radius 1 is 1.50 bits per heavy atom. The predicted octanol–water partition coefficient (Wildman–Crippen LogP) is 1.37. The van der Waals surface area contributed by atoms with Crippen molar-refractivity contribution in [2.45, 2.75) is 19.1 Å². The zero-order chi connectivity index (χ0) is 12.1. The number of hydrogen-bond donors (Lipinski definition) is 2. The van der Waals surface area contributed by atoms with Crippen molar-refractivity contribution < 1.29 is 14.6 Å². The van der Waals surface area contributed by atoms with Gasteiger partial charge in [-0.3, -0.25) is 4.79 Å². The van der Waals surface area contributed by atoms with E-state index in [9.17, 15) is 9.90 Å². The Labute approximate surface area is 103 Å². The molecule has 0 radical (unpaired) electrons. The molecule has 0 heterocycles. The van der Waals surface area contributed by atoms with E-state index < -0.39 is 18.1 Å². The molecule has 4 nitrogen and oxygen atoms in total. The molecule has 0 aromatic heterocycles. The van der Waals surface area contributed by atoms with Crippen molar-refractivity contribution in [1.29, 1.82) is 0 Å². The highest BCUT2D eigenvalue weighted by molar-refractivity contribution is 9.10. The molecule has 0 amide bonds. The number of benzene rings is 1. The monoisotopic (exact) mass is 287 g/mol. The molecular formula is C11H14BrNO3. The molecule has 1 aromatic rings. The Balaban J connectivity index is 2.73. The maximum Gasteiger partial charge on any atom is 0.325 e. The molecule has 2 unspecified atom stereocenters. The van der Waals surface area contributed by atoms with Gasteiger partial charge in [-0.25, -0.2) is 0 Å². The highest BCUT2D eigenvalue weighted by atomic mass is 79.9. The topological polar surface area (TPSA) is 72.5 Å². The summed E-state index contributed by atoms with van der Waals surface area (Å²) in [4.78, 5) is 11.3.